The summed E-state index contributed by atoms with van der Waals surface area (Å²) in [5.74, 6) is -0.441. The number of halogens is 2. The standard InChI is InChI=1S/C12H9Cl2N3O3/c13-9-2-1-7(3-10(9)14)5-16-12(18)11-4-8(6-15-11)17(19)20/h1-4,6,15H,5H2,(H,16,18). The number of H-pyrrole nitrogens is 1. The number of hydrogen-bond acceptors (Lipinski definition) is 3. The second-order valence-electron chi connectivity index (χ2n) is 3.96. The van der Waals surface area contributed by atoms with E-state index in [1.807, 2.05) is 0 Å². The highest BCUT2D eigenvalue weighted by Gasteiger charge is 2.14. The Labute approximate surface area is 123 Å². The van der Waals surface area contributed by atoms with Gasteiger partial charge >= 0.3 is 0 Å². The number of carbonyl (C=O) groups is 1. The van der Waals surface area contributed by atoms with E-state index < -0.39 is 10.8 Å². The predicted octanol–water partition coefficient (Wildman–Crippen LogP) is 3.16. The first kappa shape index (κ1) is 14.4. The molecule has 0 bridgehead atoms. The van der Waals surface area contributed by atoms with Crippen LogP contribution < -0.4 is 5.32 Å². The van der Waals surface area contributed by atoms with Crippen LogP contribution in [0.25, 0.3) is 0 Å². The summed E-state index contributed by atoms with van der Waals surface area (Å²) in [5, 5.41) is 14.0. The highest BCUT2D eigenvalue weighted by atomic mass is 35.5. The number of rotatable bonds is 4. The SMILES string of the molecule is O=C(NCc1ccc(Cl)c(Cl)c1)c1cc([N+](=O)[O-])c[nH]1. The van der Waals surface area contributed by atoms with Gasteiger partial charge in [-0.05, 0) is 17.7 Å². The molecule has 20 heavy (non-hydrogen) atoms. The van der Waals surface area contributed by atoms with Crippen LogP contribution in [0.1, 0.15) is 16.1 Å². The minimum atomic E-state index is -0.577. The van der Waals surface area contributed by atoms with E-state index in [0.29, 0.717) is 10.0 Å². The Morgan fingerprint density at radius 3 is 2.65 bits per heavy atom. The highest BCUT2D eigenvalue weighted by molar-refractivity contribution is 6.42. The molecule has 0 atom stereocenters. The highest BCUT2D eigenvalue weighted by Crippen LogP contribution is 2.22. The summed E-state index contributed by atoms with van der Waals surface area (Å²) in [6.07, 6.45) is 1.16. The van der Waals surface area contributed by atoms with Crippen LogP contribution in [0.3, 0.4) is 0 Å². The van der Waals surface area contributed by atoms with Gasteiger partial charge in [-0.3, -0.25) is 14.9 Å². The lowest BCUT2D eigenvalue weighted by Gasteiger charge is -2.05. The number of aromatic nitrogens is 1. The van der Waals surface area contributed by atoms with Crippen LogP contribution >= 0.6 is 23.2 Å². The molecule has 1 aromatic heterocycles. The van der Waals surface area contributed by atoms with Gasteiger partial charge in [-0.1, -0.05) is 29.3 Å². The van der Waals surface area contributed by atoms with E-state index in [4.69, 9.17) is 23.2 Å². The fourth-order valence-electron chi connectivity index (χ4n) is 1.55. The third kappa shape index (κ3) is 3.28. The first-order valence-corrected chi connectivity index (χ1v) is 6.28. The summed E-state index contributed by atoms with van der Waals surface area (Å²) < 4.78 is 0. The van der Waals surface area contributed by atoms with Gasteiger partial charge in [0.1, 0.15) is 5.69 Å². The van der Waals surface area contributed by atoms with Gasteiger partial charge in [0, 0.05) is 12.6 Å². The first-order valence-electron chi connectivity index (χ1n) is 5.52. The van der Waals surface area contributed by atoms with E-state index in [1.165, 1.54) is 6.07 Å². The molecule has 0 saturated heterocycles. The van der Waals surface area contributed by atoms with Gasteiger partial charge < -0.3 is 10.3 Å². The van der Waals surface area contributed by atoms with E-state index in [9.17, 15) is 14.9 Å². The number of nitro groups is 1. The normalized spacial score (nSPS) is 10.3. The zero-order valence-electron chi connectivity index (χ0n) is 10.0. The van der Waals surface area contributed by atoms with E-state index in [2.05, 4.69) is 10.3 Å². The van der Waals surface area contributed by atoms with Crippen molar-refractivity contribution in [3.63, 3.8) is 0 Å². The summed E-state index contributed by atoms with van der Waals surface area (Å²) in [6, 6.07) is 6.17. The number of nitrogens with zero attached hydrogens (tertiary/aromatic N) is 1. The molecule has 1 aromatic carbocycles. The van der Waals surface area contributed by atoms with Gasteiger partial charge in [0.2, 0.25) is 0 Å². The molecule has 0 radical (unpaired) electrons. The number of hydrogen-bond donors (Lipinski definition) is 2. The maximum atomic E-state index is 11.8. The van der Waals surface area contributed by atoms with E-state index in [0.717, 1.165) is 11.8 Å². The van der Waals surface area contributed by atoms with Crippen molar-refractivity contribution in [2.75, 3.05) is 0 Å². The van der Waals surface area contributed by atoms with Crippen LogP contribution in [0.5, 0.6) is 0 Å². The van der Waals surface area contributed by atoms with Gasteiger partial charge in [-0.15, -0.1) is 0 Å². The molecule has 0 fully saturated rings. The maximum absolute atomic E-state index is 11.8. The van der Waals surface area contributed by atoms with E-state index in [1.54, 1.807) is 18.2 Å². The lowest BCUT2D eigenvalue weighted by atomic mass is 10.2. The predicted molar refractivity (Wildman–Crippen MR) is 75.1 cm³/mol. The van der Waals surface area contributed by atoms with Gasteiger partial charge in [0.15, 0.2) is 0 Å². The zero-order chi connectivity index (χ0) is 14.7. The minimum Gasteiger partial charge on any atom is -0.351 e. The van der Waals surface area contributed by atoms with Gasteiger partial charge in [-0.2, -0.15) is 0 Å². The molecule has 0 aliphatic heterocycles. The molecular formula is C12H9Cl2N3O3. The largest absolute Gasteiger partial charge is 0.351 e. The van der Waals surface area contributed by atoms with Crippen molar-refractivity contribution in [2.45, 2.75) is 6.54 Å². The van der Waals surface area contributed by atoms with Gasteiger partial charge in [-0.25, -0.2) is 0 Å². The van der Waals surface area contributed by atoms with Crippen molar-refractivity contribution in [1.82, 2.24) is 10.3 Å². The topological polar surface area (TPSA) is 88.0 Å². The average Bonchev–Trinajstić information content (AvgIpc) is 2.89. The van der Waals surface area contributed by atoms with Crippen molar-refractivity contribution in [3.05, 3.63) is 61.9 Å². The quantitative estimate of drug-likeness (QED) is 0.671. The van der Waals surface area contributed by atoms with E-state index in [-0.39, 0.29) is 17.9 Å². The number of benzene rings is 1. The van der Waals surface area contributed by atoms with Crippen molar-refractivity contribution in [2.24, 2.45) is 0 Å². The Bertz CT molecular complexity index is 670. The summed E-state index contributed by atoms with van der Waals surface area (Å²) in [7, 11) is 0. The molecular weight excluding hydrogens is 305 g/mol. The molecule has 2 aromatic rings. The molecule has 2 rings (SSSR count). The molecule has 0 aliphatic carbocycles. The zero-order valence-corrected chi connectivity index (χ0v) is 11.5. The Balaban J connectivity index is 2.00. The number of aromatic amines is 1. The van der Waals surface area contributed by atoms with E-state index >= 15 is 0 Å². The first-order chi connectivity index (χ1) is 9.47. The third-order valence-electron chi connectivity index (χ3n) is 2.56. The van der Waals surface area contributed by atoms with Crippen LogP contribution in [0, 0.1) is 10.1 Å². The van der Waals surface area contributed by atoms with Crippen molar-refractivity contribution in [1.29, 1.82) is 0 Å². The Morgan fingerprint density at radius 1 is 1.30 bits per heavy atom. The molecule has 0 spiro atoms. The second-order valence-corrected chi connectivity index (χ2v) is 4.77. The average molecular weight is 314 g/mol. The lowest BCUT2D eigenvalue weighted by molar-refractivity contribution is -0.384. The molecule has 8 heteroatoms. The van der Waals surface area contributed by atoms with Crippen LogP contribution in [-0.4, -0.2) is 15.8 Å². The molecule has 104 valence electrons. The molecule has 2 N–H and O–H groups in total. The molecule has 0 aliphatic rings. The fourth-order valence-corrected chi connectivity index (χ4v) is 1.87. The number of nitrogens with one attached hydrogen (secondary N) is 2. The Morgan fingerprint density at radius 2 is 2.05 bits per heavy atom. The monoisotopic (exact) mass is 313 g/mol. The van der Waals surface area contributed by atoms with Crippen LogP contribution in [-0.2, 0) is 6.54 Å². The Kier molecular flexibility index (Phi) is 4.26. The molecule has 0 saturated carbocycles. The van der Waals surface area contributed by atoms with Crippen molar-refractivity contribution in [3.8, 4) is 0 Å². The summed E-state index contributed by atoms with van der Waals surface area (Å²) >= 11 is 11.6. The van der Waals surface area contributed by atoms with Crippen molar-refractivity contribution >= 4 is 34.8 Å². The molecule has 0 unspecified atom stereocenters. The van der Waals surface area contributed by atoms with Gasteiger partial charge in [0.25, 0.3) is 11.6 Å². The molecule has 1 amide bonds. The smallest absolute Gasteiger partial charge is 0.287 e. The summed E-state index contributed by atoms with van der Waals surface area (Å²) in [6.45, 7) is 0.239. The summed E-state index contributed by atoms with van der Waals surface area (Å²) in [4.78, 5) is 24.3. The van der Waals surface area contributed by atoms with Crippen LogP contribution in [0.2, 0.25) is 10.0 Å². The lowest BCUT2D eigenvalue weighted by Crippen LogP contribution is -2.23. The maximum Gasteiger partial charge on any atom is 0.287 e. The second kappa shape index (κ2) is 5.94. The number of carbonyl (C=O) groups excluding carboxylic acids is 1. The third-order valence-corrected chi connectivity index (χ3v) is 3.30. The minimum absolute atomic E-state index is 0.122. The van der Waals surface area contributed by atoms with Crippen LogP contribution in [0.4, 0.5) is 5.69 Å². The molecule has 1 heterocycles. The fraction of sp³-hybridized carbons (Fsp3) is 0.0833. The molecule has 6 nitrogen and oxygen atoms in total. The van der Waals surface area contributed by atoms with Gasteiger partial charge in [0.05, 0.1) is 21.2 Å². The summed E-state index contributed by atoms with van der Waals surface area (Å²) in [5.41, 5.74) is 0.732. The Hall–Kier alpha value is -2.05. The van der Waals surface area contributed by atoms with Crippen LogP contribution in [0.15, 0.2) is 30.5 Å². The number of amides is 1. The van der Waals surface area contributed by atoms with Crippen molar-refractivity contribution < 1.29 is 9.72 Å².